The fraction of sp³-hybridized carbons (Fsp3) is 0.250. The number of aliphatic hydroxyl groups excluding tert-OH is 1. The maximum Gasteiger partial charge on any atom is 0.314 e. The largest absolute Gasteiger partial charge is 0.481 e. The molecule has 30 heavy (non-hydrogen) atoms. The van der Waals surface area contributed by atoms with Gasteiger partial charge >= 0.3 is 5.97 Å². The van der Waals surface area contributed by atoms with Gasteiger partial charge in [-0.15, -0.1) is 0 Å². The van der Waals surface area contributed by atoms with Gasteiger partial charge in [0.15, 0.2) is 0 Å². The maximum atomic E-state index is 13.6. The van der Waals surface area contributed by atoms with Crippen LogP contribution in [0.3, 0.4) is 0 Å². The lowest BCUT2D eigenvalue weighted by atomic mass is 9.72. The Balaban J connectivity index is 1.68. The van der Waals surface area contributed by atoms with E-state index in [0.717, 1.165) is 10.8 Å². The molecule has 0 aromatic heterocycles. The molecule has 1 aliphatic rings. The molecular formula is C24H22FNO4. The van der Waals surface area contributed by atoms with Crippen LogP contribution in [0.15, 0.2) is 66.7 Å². The van der Waals surface area contributed by atoms with E-state index in [1.807, 2.05) is 30.3 Å². The summed E-state index contributed by atoms with van der Waals surface area (Å²) >= 11 is 0. The fourth-order valence-corrected chi connectivity index (χ4v) is 4.31. The van der Waals surface area contributed by atoms with E-state index in [0.29, 0.717) is 11.1 Å². The third kappa shape index (κ3) is 3.55. The lowest BCUT2D eigenvalue weighted by Crippen LogP contribution is -2.58. The number of rotatable bonds is 4. The van der Waals surface area contributed by atoms with E-state index in [9.17, 15) is 24.2 Å². The molecule has 0 aliphatic carbocycles. The summed E-state index contributed by atoms with van der Waals surface area (Å²) in [4.78, 5) is 27.1. The molecule has 0 bridgehead atoms. The average molecular weight is 407 g/mol. The molecule has 5 nitrogen and oxygen atoms in total. The topological polar surface area (TPSA) is 77.8 Å². The number of amides is 1. The molecule has 0 unspecified atom stereocenters. The Hall–Kier alpha value is -3.25. The fourth-order valence-electron chi connectivity index (χ4n) is 4.31. The van der Waals surface area contributed by atoms with Crippen molar-refractivity contribution in [3.63, 3.8) is 0 Å². The van der Waals surface area contributed by atoms with E-state index in [4.69, 9.17) is 0 Å². The number of fused-ring (bicyclic) bond motifs is 1. The van der Waals surface area contributed by atoms with E-state index in [1.54, 1.807) is 18.2 Å². The number of benzene rings is 3. The number of aliphatic hydroxyl groups is 1. The second-order valence-electron chi connectivity index (χ2n) is 7.83. The minimum Gasteiger partial charge on any atom is -0.481 e. The zero-order valence-corrected chi connectivity index (χ0v) is 16.3. The van der Waals surface area contributed by atoms with Crippen LogP contribution in [0.2, 0.25) is 0 Å². The minimum atomic E-state index is -1.60. The predicted molar refractivity (Wildman–Crippen MR) is 111 cm³/mol. The third-order valence-electron chi connectivity index (χ3n) is 5.93. The molecule has 6 heteroatoms. The number of carboxylic acid groups (broad SMARTS) is 1. The van der Waals surface area contributed by atoms with Gasteiger partial charge in [0.2, 0.25) is 0 Å². The third-order valence-corrected chi connectivity index (χ3v) is 5.93. The summed E-state index contributed by atoms with van der Waals surface area (Å²) in [7, 11) is 0. The molecule has 1 aliphatic heterocycles. The first kappa shape index (κ1) is 20.0. The number of piperidine rings is 1. The molecule has 2 N–H and O–H groups in total. The van der Waals surface area contributed by atoms with Gasteiger partial charge in [0, 0.05) is 18.7 Å². The molecule has 2 atom stereocenters. The summed E-state index contributed by atoms with van der Waals surface area (Å²) in [6.45, 7) is 0.101. The van der Waals surface area contributed by atoms with Crippen LogP contribution in [-0.2, 0) is 11.2 Å². The van der Waals surface area contributed by atoms with E-state index in [-0.39, 0.29) is 31.8 Å². The molecule has 1 heterocycles. The first-order valence-electron chi connectivity index (χ1n) is 9.84. The number of halogens is 1. The van der Waals surface area contributed by atoms with Gasteiger partial charge in [-0.2, -0.15) is 0 Å². The van der Waals surface area contributed by atoms with Crippen LogP contribution in [0.1, 0.15) is 22.3 Å². The lowest BCUT2D eigenvalue weighted by molar-refractivity contribution is -0.161. The summed E-state index contributed by atoms with van der Waals surface area (Å²) < 4.78 is 13.6. The first-order valence-corrected chi connectivity index (χ1v) is 9.84. The molecule has 3 aromatic rings. The van der Waals surface area contributed by atoms with Crippen LogP contribution in [-0.4, -0.2) is 46.2 Å². The number of carbonyl (C=O) groups excluding carboxylic acids is 1. The van der Waals surface area contributed by atoms with Crippen LogP contribution in [0, 0.1) is 11.2 Å². The summed E-state index contributed by atoms with van der Waals surface area (Å²) in [5.41, 5.74) is -0.641. The van der Waals surface area contributed by atoms with Gasteiger partial charge < -0.3 is 15.1 Å². The van der Waals surface area contributed by atoms with Crippen LogP contribution < -0.4 is 0 Å². The first-order chi connectivity index (χ1) is 14.4. The number of aliphatic carboxylic acids is 1. The van der Waals surface area contributed by atoms with Crippen molar-refractivity contribution in [3.8, 4) is 0 Å². The van der Waals surface area contributed by atoms with Gasteiger partial charge in [-0.3, -0.25) is 9.59 Å². The highest BCUT2D eigenvalue weighted by atomic mass is 19.1. The molecular weight excluding hydrogens is 385 g/mol. The Bertz CT molecular complexity index is 1110. The van der Waals surface area contributed by atoms with Crippen molar-refractivity contribution in [2.45, 2.75) is 18.9 Å². The number of carboxylic acids is 1. The monoisotopic (exact) mass is 407 g/mol. The van der Waals surface area contributed by atoms with Crippen LogP contribution in [0.25, 0.3) is 10.8 Å². The van der Waals surface area contributed by atoms with Crippen molar-refractivity contribution in [3.05, 3.63) is 83.7 Å². The molecule has 0 radical (unpaired) electrons. The van der Waals surface area contributed by atoms with Crippen molar-refractivity contribution in [2.75, 3.05) is 13.1 Å². The SMILES string of the molecule is O=C(c1cccc2ccccc12)N1CC[C@@H](O)[C@](Cc2cccc(F)c2)(C(=O)O)C1. The molecule has 3 aromatic carbocycles. The average Bonchev–Trinajstić information content (AvgIpc) is 2.74. The highest BCUT2D eigenvalue weighted by Gasteiger charge is 2.50. The van der Waals surface area contributed by atoms with Crippen molar-refractivity contribution >= 4 is 22.6 Å². The van der Waals surface area contributed by atoms with E-state index in [1.165, 1.54) is 23.1 Å². The molecule has 1 saturated heterocycles. The number of hydrogen-bond donors (Lipinski definition) is 2. The molecule has 0 saturated carbocycles. The van der Waals surface area contributed by atoms with Crippen LogP contribution in [0.5, 0.6) is 0 Å². The van der Waals surface area contributed by atoms with E-state index in [2.05, 4.69) is 0 Å². The Labute approximate surface area is 173 Å². The number of nitrogens with zero attached hydrogens (tertiary/aromatic N) is 1. The molecule has 0 spiro atoms. The van der Waals surface area contributed by atoms with Gasteiger partial charge in [-0.25, -0.2) is 4.39 Å². The molecule has 4 rings (SSSR count). The number of hydrogen-bond acceptors (Lipinski definition) is 3. The second kappa shape index (κ2) is 7.88. The van der Waals surface area contributed by atoms with E-state index >= 15 is 0 Å². The standard InChI is InChI=1S/C24H22FNO4/c25-18-8-3-5-16(13-18)14-24(23(29)30)15-26(12-11-21(24)27)22(28)20-10-4-7-17-6-1-2-9-19(17)20/h1-10,13,21,27H,11-12,14-15H2,(H,29,30)/t21-,24-/m1/s1. The number of carbonyl (C=O) groups is 2. The van der Waals surface area contributed by atoms with Crippen LogP contribution >= 0.6 is 0 Å². The van der Waals surface area contributed by atoms with Gasteiger partial charge in [-0.05, 0) is 47.4 Å². The summed E-state index contributed by atoms with van der Waals surface area (Å²) in [6.07, 6.45) is -1.08. The Morgan fingerprint density at radius 1 is 1.07 bits per heavy atom. The van der Waals surface area contributed by atoms with Gasteiger partial charge in [-0.1, -0.05) is 48.5 Å². The highest BCUT2D eigenvalue weighted by Crippen LogP contribution is 2.36. The van der Waals surface area contributed by atoms with Crippen molar-refractivity contribution in [2.24, 2.45) is 5.41 Å². The molecule has 1 amide bonds. The van der Waals surface area contributed by atoms with Gasteiger partial charge in [0.05, 0.1) is 6.10 Å². The van der Waals surface area contributed by atoms with Crippen molar-refractivity contribution < 1.29 is 24.2 Å². The Kier molecular flexibility index (Phi) is 5.26. The van der Waals surface area contributed by atoms with Crippen LogP contribution in [0.4, 0.5) is 4.39 Å². The smallest absolute Gasteiger partial charge is 0.314 e. The number of likely N-dealkylation sites (tertiary alicyclic amines) is 1. The zero-order chi connectivity index (χ0) is 21.3. The molecule has 1 fully saturated rings. The minimum absolute atomic E-state index is 0.0689. The predicted octanol–water partition coefficient (Wildman–Crippen LogP) is 3.50. The quantitative estimate of drug-likeness (QED) is 0.694. The summed E-state index contributed by atoms with van der Waals surface area (Å²) in [6, 6.07) is 18.6. The van der Waals surface area contributed by atoms with Crippen molar-refractivity contribution in [1.29, 1.82) is 0 Å². The summed E-state index contributed by atoms with van der Waals surface area (Å²) in [5.74, 6) is -1.94. The normalized spacial score (nSPS) is 21.5. The van der Waals surface area contributed by atoms with Gasteiger partial charge in [0.25, 0.3) is 5.91 Å². The Morgan fingerprint density at radius 2 is 1.80 bits per heavy atom. The zero-order valence-electron chi connectivity index (χ0n) is 16.3. The second-order valence-corrected chi connectivity index (χ2v) is 7.83. The van der Waals surface area contributed by atoms with E-state index < -0.39 is 23.3 Å². The van der Waals surface area contributed by atoms with Crippen molar-refractivity contribution in [1.82, 2.24) is 4.90 Å². The van der Waals surface area contributed by atoms with Gasteiger partial charge in [0.1, 0.15) is 11.2 Å². The Morgan fingerprint density at radius 3 is 2.57 bits per heavy atom. The molecule has 154 valence electrons. The lowest BCUT2D eigenvalue weighted by Gasteiger charge is -2.43. The highest BCUT2D eigenvalue weighted by molar-refractivity contribution is 6.07. The maximum absolute atomic E-state index is 13.6. The summed E-state index contributed by atoms with van der Waals surface area (Å²) in [5, 5.41) is 22.4.